The van der Waals surface area contributed by atoms with Gasteiger partial charge in [0.25, 0.3) is 5.56 Å². The molecule has 1 aromatic carbocycles. The summed E-state index contributed by atoms with van der Waals surface area (Å²) in [4.78, 5) is 37.5. The highest BCUT2D eigenvalue weighted by molar-refractivity contribution is 7.93. The van der Waals surface area contributed by atoms with E-state index < -0.39 is 27.0 Å². The first-order valence-corrected chi connectivity index (χ1v) is 11.5. The van der Waals surface area contributed by atoms with Gasteiger partial charge >= 0.3 is 5.97 Å². The number of halogens is 1. The lowest BCUT2D eigenvalue weighted by molar-refractivity contribution is 0.0601. The summed E-state index contributed by atoms with van der Waals surface area (Å²) in [6, 6.07) is 2.72. The maximum atomic E-state index is 13.1. The van der Waals surface area contributed by atoms with E-state index in [4.69, 9.17) is 16.3 Å². The largest absolute Gasteiger partial charge is 0.465 e. The van der Waals surface area contributed by atoms with Crippen LogP contribution in [0.2, 0.25) is 5.02 Å². The molecule has 0 amide bonds. The van der Waals surface area contributed by atoms with Crippen LogP contribution in [0.1, 0.15) is 52.5 Å². The predicted molar refractivity (Wildman–Crippen MR) is 111 cm³/mol. The van der Waals surface area contributed by atoms with Crippen molar-refractivity contribution in [3.8, 4) is 0 Å². The number of H-pyrrole nitrogens is 1. The number of esters is 1. The van der Waals surface area contributed by atoms with Crippen LogP contribution in [-0.4, -0.2) is 44.4 Å². The Morgan fingerprint density at radius 3 is 2.45 bits per heavy atom. The number of ether oxygens (including phenoxy) is 1. The monoisotopic (exact) mass is 439 g/mol. The summed E-state index contributed by atoms with van der Waals surface area (Å²) >= 11 is 6.47. The van der Waals surface area contributed by atoms with Gasteiger partial charge in [0.2, 0.25) is 5.78 Å². The number of hydrogen-bond donors (Lipinski definition) is 1. The number of carbonyl (C=O) groups excluding carboxylic acids is 2. The highest BCUT2D eigenvalue weighted by atomic mass is 35.5. The molecule has 156 valence electrons. The molecule has 8 nitrogen and oxygen atoms in total. The SMILES string of the molecule is CCn1[nH]cc(C(=O)c2ccc(C(=O)OC)c(N=S3(=O)CCCCC3)c2Cl)c1=O. The molecule has 0 unspecified atom stereocenters. The van der Waals surface area contributed by atoms with E-state index in [9.17, 15) is 18.6 Å². The van der Waals surface area contributed by atoms with Gasteiger partial charge in [-0.05, 0) is 31.9 Å². The fourth-order valence-corrected chi connectivity index (χ4v) is 5.81. The van der Waals surface area contributed by atoms with Crippen molar-refractivity contribution in [2.45, 2.75) is 32.7 Å². The summed E-state index contributed by atoms with van der Waals surface area (Å²) < 4.78 is 23.5. The number of aromatic amines is 1. The van der Waals surface area contributed by atoms with Gasteiger partial charge in [-0.15, -0.1) is 0 Å². The molecule has 0 aliphatic carbocycles. The molecule has 1 aliphatic heterocycles. The van der Waals surface area contributed by atoms with Crippen LogP contribution >= 0.6 is 11.6 Å². The molecule has 0 radical (unpaired) electrons. The first-order valence-electron chi connectivity index (χ1n) is 9.27. The molecule has 0 spiro atoms. The topological polar surface area (TPSA) is 111 Å². The van der Waals surface area contributed by atoms with Crippen molar-refractivity contribution in [3.63, 3.8) is 0 Å². The number of rotatable bonds is 5. The maximum Gasteiger partial charge on any atom is 0.340 e. The molecule has 2 aromatic rings. The van der Waals surface area contributed by atoms with Gasteiger partial charge in [-0.2, -0.15) is 4.36 Å². The highest BCUT2D eigenvalue weighted by Crippen LogP contribution is 2.36. The van der Waals surface area contributed by atoms with Crippen molar-refractivity contribution < 1.29 is 18.5 Å². The molecule has 0 saturated carbocycles. The van der Waals surface area contributed by atoms with Crippen LogP contribution < -0.4 is 5.56 Å². The van der Waals surface area contributed by atoms with Crippen molar-refractivity contribution in [1.82, 2.24) is 9.78 Å². The molecule has 3 rings (SSSR count). The van der Waals surface area contributed by atoms with Crippen LogP contribution in [-0.2, 0) is 21.0 Å². The number of carbonyl (C=O) groups is 2. The van der Waals surface area contributed by atoms with E-state index in [0.29, 0.717) is 18.1 Å². The summed E-state index contributed by atoms with van der Waals surface area (Å²) in [7, 11) is -1.38. The van der Waals surface area contributed by atoms with Crippen LogP contribution in [0.15, 0.2) is 27.5 Å². The van der Waals surface area contributed by atoms with E-state index in [1.165, 1.54) is 30.1 Å². The third-order valence-electron chi connectivity index (χ3n) is 4.85. The van der Waals surface area contributed by atoms with Crippen molar-refractivity contribution >= 4 is 38.8 Å². The van der Waals surface area contributed by atoms with Crippen LogP contribution in [0, 0.1) is 0 Å². The van der Waals surface area contributed by atoms with Gasteiger partial charge in [0.05, 0.1) is 27.4 Å². The first-order chi connectivity index (χ1) is 13.8. The zero-order valence-corrected chi connectivity index (χ0v) is 17.8. The molecule has 2 heterocycles. The van der Waals surface area contributed by atoms with E-state index in [1.807, 2.05) is 0 Å². The normalized spacial score (nSPS) is 15.7. The Kier molecular flexibility index (Phi) is 6.28. The smallest absolute Gasteiger partial charge is 0.340 e. The average molecular weight is 440 g/mol. The van der Waals surface area contributed by atoms with E-state index in [0.717, 1.165) is 19.3 Å². The molecule has 1 aromatic heterocycles. The lowest BCUT2D eigenvalue weighted by atomic mass is 10.0. The number of hydrogen-bond acceptors (Lipinski definition) is 6. The second-order valence-corrected chi connectivity index (χ2v) is 9.64. The molecular formula is C19H22ClN3O5S. The molecule has 1 aliphatic rings. The third-order valence-corrected chi connectivity index (χ3v) is 7.60. The Balaban J connectivity index is 2.18. The maximum absolute atomic E-state index is 13.1. The van der Waals surface area contributed by atoms with Crippen molar-refractivity contribution in [2.24, 2.45) is 4.36 Å². The van der Waals surface area contributed by atoms with Crippen molar-refractivity contribution in [2.75, 3.05) is 18.6 Å². The quantitative estimate of drug-likeness (QED) is 0.568. The molecule has 1 saturated heterocycles. The summed E-state index contributed by atoms with van der Waals surface area (Å²) in [5.74, 6) is -0.490. The summed E-state index contributed by atoms with van der Waals surface area (Å²) in [6.07, 6.45) is 3.83. The lowest BCUT2D eigenvalue weighted by Crippen LogP contribution is -2.21. The highest BCUT2D eigenvalue weighted by Gasteiger charge is 2.26. The number of aromatic nitrogens is 2. The molecule has 1 N–H and O–H groups in total. The van der Waals surface area contributed by atoms with Crippen LogP contribution in [0.3, 0.4) is 0 Å². The van der Waals surface area contributed by atoms with Gasteiger partial charge in [0, 0.05) is 29.8 Å². The minimum Gasteiger partial charge on any atom is -0.465 e. The summed E-state index contributed by atoms with van der Waals surface area (Å²) in [6.45, 7) is 2.14. The van der Waals surface area contributed by atoms with E-state index in [2.05, 4.69) is 9.46 Å². The molecule has 0 atom stereocenters. The Morgan fingerprint density at radius 2 is 1.86 bits per heavy atom. The van der Waals surface area contributed by atoms with Crippen LogP contribution in [0.5, 0.6) is 0 Å². The predicted octanol–water partition coefficient (Wildman–Crippen LogP) is 3.15. The molecule has 1 fully saturated rings. The van der Waals surface area contributed by atoms with Crippen molar-refractivity contribution in [3.05, 3.63) is 50.4 Å². The summed E-state index contributed by atoms with van der Waals surface area (Å²) in [5, 5.41) is 2.60. The number of nitrogens with one attached hydrogen (secondary N) is 1. The van der Waals surface area contributed by atoms with Crippen LogP contribution in [0.25, 0.3) is 0 Å². The van der Waals surface area contributed by atoms with Gasteiger partial charge in [-0.1, -0.05) is 18.0 Å². The minimum absolute atomic E-state index is 0.0104. The fourth-order valence-electron chi connectivity index (χ4n) is 3.25. The second-order valence-electron chi connectivity index (χ2n) is 6.71. The third kappa shape index (κ3) is 4.16. The van der Waals surface area contributed by atoms with E-state index >= 15 is 0 Å². The number of methoxy groups -OCH3 is 1. The zero-order chi connectivity index (χ0) is 21.2. The van der Waals surface area contributed by atoms with Gasteiger partial charge in [0.1, 0.15) is 11.3 Å². The molecular weight excluding hydrogens is 418 g/mol. The summed E-state index contributed by atoms with van der Waals surface area (Å²) in [5.41, 5.74) is -0.532. The van der Waals surface area contributed by atoms with Gasteiger partial charge in [-0.3, -0.25) is 14.3 Å². The number of ketones is 1. The lowest BCUT2D eigenvalue weighted by Gasteiger charge is -2.17. The molecule has 0 bridgehead atoms. The minimum atomic E-state index is -2.60. The standard InChI is InChI=1S/C19H22ClN3O5S/c1-3-23-18(25)14(11-21-23)17(24)12-7-8-13(19(26)28-2)16(15(12)20)22-29(27)9-5-4-6-10-29/h7-8,11,21H,3-6,9-10H2,1-2H3. The number of aryl methyl sites for hydroxylation is 1. The Morgan fingerprint density at radius 1 is 1.21 bits per heavy atom. The van der Waals surface area contributed by atoms with E-state index in [1.54, 1.807) is 6.92 Å². The fraction of sp³-hybridized carbons (Fsp3) is 0.421. The van der Waals surface area contributed by atoms with Crippen LogP contribution in [0.4, 0.5) is 5.69 Å². The Bertz CT molecular complexity index is 1130. The number of nitrogens with zero attached hydrogens (tertiary/aromatic N) is 2. The Labute approximate surface area is 173 Å². The Hall–Kier alpha value is -2.39. The average Bonchev–Trinajstić information content (AvgIpc) is 3.09. The van der Waals surface area contributed by atoms with E-state index in [-0.39, 0.29) is 27.4 Å². The number of benzene rings is 1. The molecule has 29 heavy (non-hydrogen) atoms. The van der Waals surface area contributed by atoms with Gasteiger partial charge in [0.15, 0.2) is 0 Å². The zero-order valence-electron chi connectivity index (χ0n) is 16.2. The van der Waals surface area contributed by atoms with Gasteiger partial charge in [-0.25, -0.2) is 9.00 Å². The van der Waals surface area contributed by atoms with Gasteiger partial charge < -0.3 is 9.84 Å². The first kappa shape index (κ1) is 21.3. The van der Waals surface area contributed by atoms with Crippen molar-refractivity contribution in [1.29, 1.82) is 0 Å². The second kappa shape index (κ2) is 8.54. The molecule has 10 heteroatoms.